The Morgan fingerprint density at radius 3 is 2.78 bits per heavy atom. The molecule has 4 nitrogen and oxygen atoms in total. The number of nitrogens with zero attached hydrogens (tertiary/aromatic N) is 1. The average Bonchev–Trinajstić information content (AvgIpc) is 2.41. The summed E-state index contributed by atoms with van der Waals surface area (Å²) in [4.78, 5) is 14.5. The number of rotatable bonds is 3. The van der Waals surface area contributed by atoms with Crippen LogP contribution in [0.5, 0.6) is 0 Å². The molecule has 2 fully saturated rings. The third-order valence-corrected chi connectivity index (χ3v) is 4.55. The SMILES string of the molecule is CN1CCC(C)(CNC(=O)[C@H]2CCCNC2)CC1. The fourth-order valence-corrected chi connectivity index (χ4v) is 2.86. The Labute approximate surface area is 110 Å². The highest BCUT2D eigenvalue weighted by Crippen LogP contribution is 2.29. The second kappa shape index (κ2) is 6.02. The maximum Gasteiger partial charge on any atom is 0.224 e. The van der Waals surface area contributed by atoms with E-state index in [1.54, 1.807) is 0 Å². The first-order chi connectivity index (χ1) is 8.59. The first-order valence-electron chi connectivity index (χ1n) is 7.26. The second-order valence-electron chi connectivity index (χ2n) is 6.38. The van der Waals surface area contributed by atoms with Crippen molar-refractivity contribution < 1.29 is 4.79 Å². The topological polar surface area (TPSA) is 44.4 Å². The predicted molar refractivity (Wildman–Crippen MR) is 73.4 cm³/mol. The molecule has 18 heavy (non-hydrogen) atoms. The molecule has 0 aliphatic carbocycles. The van der Waals surface area contributed by atoms with Gasteiger partial charge in [-0.25, -0.2) is 0 Å². The van der Waals surface area contributed by atoms with Gasteiger partial charge in [0.1, 0.15) is 0 Å². The number of nitrogens with one attached hydrogen (secondary N) is 2. The van der Waals surface area contributed by atoms with Crippen molar-refractivity contribution in [2.75, 3.05) is 39.8 Å². The third kappa shape index (κ3) is 3.69. The largest absolute Gasteiger partial charge is 0.355 e. The van der Waals surface area contributed by atoms with Crippen LogP contribution in [-0.2, 0) is 4.79 Å². The van der Waals surface area contributed by atoms with E-state index in [0.29, 0.717) is 5.41 Å². The number of carbonyl (C=O) groups excluding carboxylic acids is 1. The zero-order chi connectivity index (χ0) is 13.0. The zero-order valence-electron chi connectivity index (χ0n) is 11.8. The molecule has 0 aromatic heterocycles. The van der Waals surface area contributed by atoms with E-state index in [9.17, 15) is 4.79 Å². The molecule has 2 N–H and O–H groups in total. The van der Waals surface area contributed by atoms with Crippen molar-refractivity contribution in [2.24, 2.45) is 11.3 Å². The van der Waals surface area contributed by atoms with E-state index in [-0.39, 0.29) is 11.8 Å². The lowest BCUT2D eigenvalue weighted by molar-refractivity contribution is -0.126. The number of carbonyl (C=O) groups is 1. The Balaban J connectivity index is 1.74. The molecule has 0 aromatic carbocycles. The van der Waals surface area contributed by atoms with Gasteiger partial charge in [0.25, 0.3) is 0 Å². The summed E-state index contributed by atoms with van der Waals surface area (Å²) in [6, 6.07) is 0. The van der Waals surface area contributed by atoms with Crippen molar-refractivity contribution in [1.82, 2.24) is 15.5 Å². The van der Waals surface area contributed by atoms with E-state index in [2.05, 4.69) is 29.5 Å². The molecule has 1 atom stereocenters. The van der Waals surface area contributed by atoms with Crippen LogP contribution in [0.25, 0.3) is 0 Å². The highest BCUT2D eigenvalue weighted by Gasteiger charge is 2.30. The summed E-state index contributed by atoms with van der Waals surface area (Å²) in [7, 11) is 2.17. The molecule has 4 heteroatoms. The summed E-state index contributed by atoms with van der Waals surface area (Å²) in [5.74, 6) is 0.441. The van der Waals surface area contributed by atoms with Crippen molar-refractivity contribution in [2.45, 2.75) is 32.6 Å². The van der Waals surface area contributed by atoms with Crippen LogP contribution in [0, 0.1) is 11.3 Å². The van der Waals surface area contributed by atoms with E-state index in [1.165, 1.54) is 12.8 Å². The Hall–Kier alpha value is -0.610. The van der Waals surface area contributed by atoms with Gasteiger partial charge >= 0.3 is 0 Å². The van der Waals surface area contributed by atoms with Crippen molar-refractivity contribution in [1.29, 1.82) is 0 Å². The molecule has 2 aliphatic rings. The van der Waals surface area contributed by atoms with Gasteiger partial charge in [0.05, 0.1) is 5.92 Å². The fraction of sp³-hybridized carbons (Fsp3) is 0.929. The number of likely N-dealkylation sites (tertiary alicyclic amines) is 1. The van der Waals surface area contributed by atoms with E-state index >= 15 is 0 Å². The Morgan fingerprint density at radius 1 is 1.44 bits per heavy atom. The van der Waals surface area contributed by atoms with Gasteiger partial charge in [-0.3, -0.25) is 4.79 Å². The smallest absolute Gasteiger partial charge is 0.224 e. The monoisotopic (exact) mass is 253 g/mol. The van der Waals surface area contributed by atoms with Gasteiger partial charge in [-0.2, -0.15) is 0 Å². The molecule has 0 bridgehead atoms. The van der Waals surface area contributed by atoms with Crippen molar-refractivity contribution in [3.05, 3.63) is 0 Å². The minimum atomic E-state index is 0.189. The van der Waals surface area contributed by atoms with Crippen molar-refractivity contribution in [3.8, 4) is 0 Å². The minimum absolute atomic E-state index is 0.189. The van der Waals surface area contributed by atoms with Crippen molar-refractivity contribution >= 4 is 5.91 Å². The van der Waals surface area contributed by atoms with Crippen LogP contribution in [-0.4, -0.2) is 50.6 Å². The van der Waals surface area contributed by atoms with Crippen LogP contribution < -0.4 is 10.6 Å². The maximum atomic E-state index is 12.1. The highest BCUT2D eigenvalue weighted by atomic mass is 16.1. The van der Waals surface area contributed by atoms with Crippen LogP contribution >= 0.6 is 0 Å². The summed E-state index contributed by atoms with van der Waals surface area (Å²) in [6.07, 6.45) is 4.54. The number of amides is 1. The second-order valence-corrected chi connectivity index (χ2v) is 6.38. The fourth-order valence-electron chi connectivity index (χ4n) is 2.86. The molecule has 1 amide bonds. The molecule has 2 saturated heterocycles. The van der Waals surface area contributed by atoms with Gasteiger partial charge in [-0.05, 0) is 57.8 Å². The first-order valence-corrected chi connectivity index (χ1v) is 7.26. The summed E-state index contributed by atoms with van der Waals surface area (Å²) in [5, 5.41) is 6.48. The number of hydrogen-bond acceptors (Lipinski definition) is 3. The van der Waals surface area contributed by atoms with Crippen LogP contribution in [0.4, 0.5) is 0 Å². The van der Waals surface area contributed by atoms with E-state index in [1.807, 2.05) is 0 Å². The van der Waals surface area contributed by atoms with Gasteiger partial charge in [-0.15, -0.1) is 0 Å². The molecule has 104 valence electrons. The lowest BCUT2D eigenvalue weighted by Gasteiger charge is -2.38. The lowest BCUT2D eigenvalue weighted by atomic mass is 9.80. The maximum absolute atomic E-state index is 12.1. The summed E-state index contributed by atoms with van der Waals surface area (Å²) < 4.78 is 0. The number of piperidine rings is 2. The van der Waals surface area contributed by atoms with Gasteiger partial charge in [-0.1, -0.05) is 6.92 Å². The van der Waals surface area contributed by atoms with Gasteiger partial charge in [0, 0.05) is 13.1 Å². The molecule has 0 radical (unpaired) electrons. The van der Waals surface area contributed by atoms with E-state index in [0.717, 1.165) is 45.6 Å². The molecule has 0 saturated carbocycles. The Bertz CT molecular complexity index is 279. The number of hydrogen-bond donors (Lipinski definition) is 2. The average molecular weight is 253 g/mol. The molecule has 0 aromatic rings. The summed E-state index contributed by atoms with van der Waals surface area (Å²) in [5.41, 5.74) is 0.296. The quantitative estimate of drug-likeness (QED) is 0.783. The minimum Gasteiger partial charge on any atom is -0.355 e. The lowest BCUT2D eigenvalue weighted by Crippen LogP contribution is -2.46. The predicted octanol–water partition coefficient (Wildman–Crippen LogP) is 0.834. The van der Waals surface area contributed by atoms with Crippen LogP contribution in [0.2, 0.25) is 0 Å². The normalized spacial score (nSPS) is 28.9. The van der Waals surface area contributed by atoms with E-state index < -0.39 is 0 Å². The molecule has 0 unspecified atom stereocenters. The molecular formula is C14H27N3O. The van der Waals surface area contributed by atoms with Crippen molar-refractivity contribution in [3.63, 3.8) is 0 Å². The Kier molecular flexibility index (Phi) is 4.62. The third-order valence-electron chi connectivity index (χ3n) is 4.55. The van der Waals surface area contributed by atoms with Crippen LogP contribution in [0.15, 0.2) is 0 Å². The molecule has 2 aliphatic heterocycles. The molecule has 2 heterocycles. The Morgan fingerprint density at radius 2 is 2.17 bits per heavy atom. The summed E-state index contributed by atoms with van der Waals surface area (Å²) >= 11 is 0. The van der Waals surface area contributed by atoms with Gasteiger partial charge in [0.15, 0.2) is 0 Å². The molecule has 0 spiro atoms. The van der Waals surface area contributed by atoms with Gasteiger partial charge < -0.3 is 15.5 Å². The molecule has 2 rings (SSSR count). The van der Waals surface area contributed by atoms with Crippen LogP contribution in [0.1, 0.15) is 32.6 Å². The standard InChI is InChI=1S/C14H27N3O/c1-14(5-8-17(2)9-6-14)11-16-13(18)12-4-3-7-15-10-12/h12,15H,3-11H2,1-2H3,(H,16,18)/t12-/m0/s1. The first kappa shape index (κ1) is 13.8. The van der Waals surface area contributed by atoms with Gasteiger partial charge in [0.2, 0.25) is 5.91 Å². The van der Waals surface area contributed by atoms with E-state index in [4.69, 9.17) is 0 Å². The molecular weight excluding hydrogens is 226 g/mol. The highest BCUT2D eigenvalue weighted by molar-refractivity contribution is 5.79. The van der Waals surface area contributed by atoms with Crippen LogP contribution in [0.3, 0.4) is 0 Å². The zero-order valence-corrected chi connectivity index (χ0v) is 11.8. The summed E-state index contributed by atoms with van der Waals surface area (Å²) in [6.45, 7) is 7.36.